The lowest BCUT2D eigenvalue weighted by atomic mass is 10.1. The highest BCUT2D eigenvalue weighted by atomic mass is 16.2. The molecule has 1 aromatic rings. The second-order valence-electron chi connectivity index (χ2n) is 6.36. The van der Waals surface area contributed by atoms with Gasteiger partial charge in [-0.2, -0.15) is 0 Å². The van der Waals surface area contributed by atoms with Gasteiger partial charge in [0.1, 0.15) is 0 Å². The van der Waals surface area contributed by atoms with Gasteiger partial charge in [-0.1, -0.05) is 19.9 Å². The first-order valence-electron chi connectivity index (χ1n) is 7.92. The predicted molar refractivity (Wildman–Crippen MR) is 89.0 cm³/mol. The van der Waals surface area contributed by atoms with E-state index >= 15 is 0 Å². The van der Waals surface area contributed by atoms with Crippen molar-refractivity contribution in [1.82, 2.24) is 5.32 Å². The maximum Gasteiger partial charge on any atom is 0.319 e. The molecule has 120 valence electrons. The van der Waals surface area contributed by atoms with Gasteiger partial charge in [0.05, 0.1) is 0 Å². The number of aryl methyl sites for hydroxylation is 1. The fraction of sp³-hybridized carbons (Fsp3) is 0.529. The molecule has 0 radical (unpaired) electrons. The van der Waals surface area contributed by atoms with Gasteiger partial charge in [-0.15, -0.1) is 0 Å². The van der Waals surface area contributed by atoms with Crippen molar-refractivity contribution in [3.63, 3.8) is 0 Å². The van der Waals surface area contributed by atoms with Crippen LogP contribution in [0.1, 0.15) is 38.7 Å². The number of amides is 3. The van der Waals surface area contributed by atoms with Crippen molar-refractivity contribution in [2.75, 3.05) is 17.2 Å². The number of nitrogens with one attached hydrogen (secondary N) is 3. The van der Waals surface area contributed by atoms with E-state index in [9.17, 15) is 9.59 Å². The van der Waals surface area contributed by atoms with Crippen LogP contribution in [0.2, 0.25) is 0 Å². The van der Waals surface area contributed by atoms with Crippen LogP contribution in [-0.2, 0) is 4.79 Å². The van der Waals surface area contributed by atoms with Crippen LogP contribution >= 0.6 is 0 Å². The number of anilines is 2. The molecule has 0 unspecified atom stereocenters. The van der Waals surface area contributed by atoms with Crippen molar-refractivity contribution in [2.24, 2.45) is 11.8 Å². The number of carbonyl (C=O) groups is 2. The molecule has 5 heteroatoms. The van der Waals surface area contributed by atoms with Crippen LogP contribution in [0.25, 0.3) is 0 Å². The van der Waals surface area contributed by atoms with Crippen LogP contribution in [0, 0.1) is 18.8 Å². The van der Waals surface area contributed by atoms with Gasteiger partial charge < -0.3 is 16.0 Å². The first-order valence-corrected chi connectivity index (χ1v) is 7.92. The molecule has 1 aromatic carbocycles. The Balaban J connectivity index is 1.91. The fourth-order valence-electron chi connectivity index (χ4n) is 2.07. The van der Waals surface area contributed by atoms with Crippen molar-refractivity contribution in [3.8, 4) is 0 Å². The molecule has 1 saturated carbocycles. The molecular formula is C17H25N3O2. The molecule has 0 saturated heterocycles. The van der Waals surface area contributed by atoms with E-state index in [0.717, 1.165) is 36.2 Å². The van der Waals surface area contributed by atoms with Crippen LogP contribution in [0.3, 0.4) is 0 Å². The molecule has 0 aliphatic heterocycles. The minimum absolute atomic E-state index is 0.0659. The molecule has 3 amide bonds. The lowest BCUT2D eigenvalue weighted by Crippen LogP contribution is -2.30. The van der Waals surface area contributed by atoms with Crippen LogP contribution in [0.4, 0.5) is 16.2 Å². The number of benzene rings is 1. The monoisotopic (exact) mass is 303 g/mol. The summed E-state index contributed by atoms with van der Waals surface area (Å²) < 4.78 is 0. The summed E-state index contributed by atoms with van der Waals surface area (Å²) in [6, 6.07) is 5.34. The van der Waals surface area contributed by atoms with Crippen molar-refractivity contribution in [3.05, 3.63) is 23.8 Å². The lowest BCUT2D eigenvalue weighted by Gasteiger charge is -2.13. The number of rotatable bonds is 6. The van der Waals surface area contributed by atoms with Crippen molar-refractivity contribution >= 4 is 23.3 Å². The van der Waals surface area contributed by atoms with E-state index in [1.807, 2.05) is 19.1 Å². The molecular weight excluding hydrogens is 278 g/mol. The second kappa shape index (κ2) is 7.29. The molecule has 0 aromatic heterocycles. The largest absolute Gasteiger partial charge is 0.338 e. The van der Waals surface area contributed by atoms with Gasteiger partial charge in [0.2, 0.25) is 5.91 Å². The van der Waals surface area contributed by atoms with Crippen LogP contribution in [-0.4, -0.2) is 18.5 Å². The average Bonchev–Trinajstić information content (AvgIpc) is 3.26. The Morgan fingerprint density at radius 3 is 2.59 bits per heavy atom. The Kier molecular flexibility index (Phi) is 5.41. The zero-order valence-corrected chi connectivity index (χ0v) is 13.5. The molecule has 2 rings (SSSR count). The molecule has 1 fully saturated rings. The van der Waals surface area contributed by atoms with Gasteiger partial charge in [0.25, 0.3) is 0 Å². The van der Waals surface area contributed by atoms with E-state index in [1.54, 1.807) is 6.07 Å². The highest BCUT2D eigenvalue weighted by Gasteiger charge is 2.29. The SMILES string of the molecule is Cc1ccc(NC(=O)C2CC2)cc1NC(=O)NCCC(C)C. The van der Waals surface area contributed by atoms with Crippen molar-refractivity contribution < 1.29 is 9.59 Å². The fourth-order valence-corrected chi connectivity index (χ4v) is 2.07. The van der Waals surface area contributed by atoms with E-state index in [4.69, 9.17) is 0 Å². The van der Waals surface area contributed by atoms with E-state index in [-0.39, 0.29) is 17.9 Å². The smallest absolute Gasteiger partial charge is 0.319 e. The second-order valence-corrected chi connectivity index (χ2v) is 6.36. The summed E-state index contributed by atoms with van der Waals surface area (Å²) in [7, 11) is 0. The lowest BCUT2D eigenvalue weighted by molar-refractivity contribution is -0.117. The maximum atomic E-state index is 11.9. The summed E-state index contributed by atoms with van der Waals surface area (Å²) in [5.74, 6) is 0.788. The van der Waals surface area contributed by atoms with Gasteiger partial charge in [-0.05, 0) is 49.8 Å². The standard InChI is InChI=1S/C17H25N3O2/c1-11(2)8-9-18-17(22)20-15-10-14(7-4-12(15)3)19-16(21)13-5-6-13/h4,7,10-11,13H,5-6,8-9H2,1-3H3,(H,19,21)(H2,18,20,22). The minimum Gasteiger partial charge on any atom is -0.338 e. The summed E-state index contributed by atoms with van der Waals surface area (Å²) in [5, 5.41) is 8.57. The summed E-state index contributed by atoms with van der Waals surface area (Å²) >= 11 is 0. The topological polar surface area (TPSA) is 70.2 Å². The molecule has 0 bridgehead atoms. The van der Waals surface area contributed by atoms with Crippen LogP contribution < -0.4 is 16.0 Å². The van der Waals surface area contributed by atoms with Gasteiger partial charge in [0.15, 0.2) is 0 Å². The first kappa shape index (κ1) is 16.3. The number of hydrogen-bond acceptors (Lipinski definition) is 2. The van der Waals surface area contributed by atoms with Gasteiger partial charge in [0, 0.05) is 23.8 Å². The molecule has 0 atom stereocenters. The quantitative estimate of drug-likeness (QED) is 0.752. The third-order valence-corrected chi connectivity index (χ3v) is 3.71. The van der Waals surface area contributed by atoms with Gasteiger partial charge in [-0.3, -0.25) is 4.79 Å². The molecule has 5 nitrogen and oxygen atoms in total. The van der Waals surface area contributed by atoms with E-state index in [2.05, 4.69) is 29.8 Å². The first-order chi connectivity index (χ1) is 10.5. The Bertz CT molecular complexity index is 551. The molecule has 1 aliphatic carbocycles. The number of urea groups is 1. The van der Waals surface area contributed by atoms with Crippen molar-refractivity contribution in [2.45, 2.75) is 40.0 Å². The molecule has 22 heavy (non-hydrogen) atoms. The van der Waals surface area contributed by atoms with Gasteiger partial charge >= 0.3 is 6.03 Å². The zero-order valence-electron chi connectivity index (χ0n) is 13.5. The summed E-state index contributed by atoms with van der Waals surface area (Å²) in [5.41, 5.74) is 2.40. The van der Waals surface area contributed by atoms with E-state index < -0.39 is 0 Å². The summed E-state index contributed by atoms with van der Waals surface area (Å²) in [6.45, 7) is 6.82. The zero-order chi connectivity index (χ0) is 16.1. The normalized spacial score (nSPS) is 13.8. The Labute approximate surface area is 131 Å². The third kappa shape index (κ3) is 5.06. The summed E-state index contributed by atoms with van der Waals surface area (Å²) in [6.07, 6.45) is 2.89. The molecule has 1 aliphatic rings. The van der Waals surface area contributed by atoms with Crippen LogP contribution in [0.15, 0.2) is 18.2 Å². The predicted octanol–water partition coefficient (Wildman–Crippen LogP) is 3.51. The third-order valence-electron chi connectivity index (χ3n) is 3.71. The van der Waals surface area contributed by atoms with E-state index in [0.29, 0.717) is 12.5 Å². The Morgan fingerprint density at radius 2 is 1.95 bits per heavy atom. The minimum atomic E-state index is -0.214. The maximum absolute atomic E-state index is 11.9. The Morgan fingerprint density at radius 1 is 1.23 bits per heavy atom. The van der Waals surface area contributed by atoms with Crippen molar-refractivity contribution in [1.29, 1.82) is 0 Å². The average molecular weight is 303 g/mol. The molecule has 3 N–H and O–H groups in total. The highest BCUT2D eigenvalue weighted by Crippen LogP contribution is 2.30. The van der Waals surface area contributed by atoms with Crippen LogP contribution in [0.5, 0.6) is 0 Å². The van der Waals surface area contributed by atoms with E-state index in [1.165, 1.54) is 0 Å². The highest BCUT2D eigenvalue weighted by molar-refractivity contribution is 5.96. The molecule has 0 spiro atoms. The number of hydrogen-bond donors (Lipinski definition) is 3. The summed E-state index contributed by atoms with van der Waals surface area (Å²) in [4.78, 5) is 23.7. The Hall–Kier alpha value is -2.04. The molecule has 0 heterocycles. The number of carbonyl (C=O) groups excluding carboxylic acids is 2. The van der Waals surface area contributed by atoms with Gasteiger partial charge in [-0.25, -0.2) is 4.79 Å².